The molecule has 7 heteroatoms. The lowest BCUT2D eigenvalue weighted by atomic mass is 9.90. The van der Waals surface area contributed by atoms with Gasteiger partial charge in [0.15, 0.2) is 6.29 Å². The minimum atomic E-state index is -0.265. The summed E-state index contributed by atoms with van der Waals surface area (Å²) in [6, 6.07) is 33.9. The Morgan fingerprint density at radius 1 is 0.880 bits per heavy atom. The van der Waals surface area contributed by atoms with Crippen LogP contribution in [0.2, 0.25) is 0 Å². The number of nitrogens with one attached hydrogen (secondary N) is 1. The number of carbonyl (C=O) groups excluding carboxylic acids is 1. The lowest BCUT2D eigenvalue weighted by Crippen LogP contribution is -2.29. The molecule has 1 N–H and O–H groups in total. The Morgan fingerprint density at radius 3 is 2.44 bits per heavy atom. The maximum absolute atomic E-state index is 11.7. The number of hydrogen-bond acceptors (Lipinski definition) is 7. The normalized spacial score (nSPS) is 21.8. The molecule has 1 saturated carbocycles. The van der Waals surface area contributed by atoms with Crippen molar-refractivity contribution in [2.24, 2.45) is 5.92 Å². The second-order valence-corrected chi connectivity index (χ2v) is 13.0. The molecule has 1 aliphatic carbocycles. The van der Waals surface area contributed by atoms with E-state index in [9.17, 15) is 4.79 Å². The molecular formula is C43H49NO6. The zero-order valence-corrected chi connectivity index (χ0v) is 29.2. The summed E-state index contributed by atoms with van der Waals surface area (Å²) in [5, 5.41) is 2.29. The van der Waals surface area contributed by atoms with E-state index in [1.807, 2.05) is 6.07 Å². The van der Waals surface area contributed by atoms with Crippen LogP contribution in [-0.2, 0) is 35.2 Å². The molecule has 50 heavy (non-hydrogen) atoms. The van der Waals surface area contributed by atoms with Crippen molar-refractivity contribution in [1.29, 1.82) is 0 Å². The van der Waals surface area contributed by atoms with E-state index in [1.54, 1.807) is 7.11 Å². The van der Waals surface area contributed by atoms with Crippen molar-refractivity contribution in [3.63, 3.8) is 0 Å². The average molecular weight is 676 g/mol. The van der Waals surface area contributed by atoms with E-state index in [2.05, 4.69) is 109 Å². The number of hydrogen-bond donors (Lipinski definition) is 1. The molecule has 1 saturated heterocycles. The number of unbranched alkanes of at least 4 members (excludes halogenated alkanes) is 1. The van der Waals surface area contributed by atoms with Crippen molar-refractivity contribution in [2.75, 3.05) is 20.8 Å². The minimum Gasteiger partial charge on any atom is -0.469 e. The summed E-state index contributed by atoms with van der Waals surface area (Å²) in [5.41, 5.74) is 9.90. The highest BCUT2D eigenvalue weighted by atomic mass is 16.7. The number of esters is 1. The predicted molar refractivity (Wildman–Crippen MR) is 198 cm³/mol. The SMILES string of the molecule is CONC(=C1[C@@H](CC=CCCCC(=O)OC)[C@@H](OCc2ccc(-c3ccccc3)cc2)C[C@H]1OC1CCCCO1)c1cccc2ccccc12. The zero-order valence-electron chi connectivity index (χ0n) is 29.2. The largest absolute Gasteiger partial charge is 0.469 e. The molecule has 6 rings (SSSR count). The smallest absolute Gasteiger partial charge is 0.305 e. The highest BCUT2D eigenvalue weighted by Crippen LogP contribution is 2.44. The van der Waals surface area contributed by atoms with Crippen molar-refractivity contribution in [1.82, 2.24) is 5.48 Å². The van der Waals surface area contributed by atoms with Crippen LogP contribution in [0.1, 0.15) is 62.5 Å². The summed E-state index contributed by atoms with van der Waals surface area (Å²) < 4.78 is 24.7. The van der Waals surface area contributed by atoms with Gasteiger partial charge in [-0.3, -0.25) is 15.1 Å². The van der Waals surface area contributed by atoms with Gasteiger partial charge < -0.3 is 18.9 Å². The molecule has 1 aliphatic heterocycles. The summed E-state index contributed by atoms with van der Waals surface area (Å²) in [7, 11) is 3.09. The third-order valence-electron chi connectivity index (χ3n) is 9.71. The molecule has 0 bridgehead atoms. The Hall–Kier alpha value is -4.27. The van der Waals surface area contributed by atoms with Gasteiger partial charge in [-0.2, -0.15) is 0 Å². The molecule has 1 heterocycles. The van der Waals surface area contributed by atoms with Crippen LogP contribution in [0.3, 0.4) is 0 Å². The van der Waals surface area contributed by atoms with Crippen molar-refractivity contribution >= 4 is 22.4 Å². The van der Waals surface area contributed by atoms with Gasteiger partial charge in [0, 0.05) is 30.9 Å². The molecule has 4 aromatic carbocycles. The van der Waals surface area contributed by atoms with Crippen LogP contribution in [-0.4, -0.2) is 45.3 Å². The number of rotatable bonds is 15. The third kappa shape index (κ3) is 9.09. The lowest BCUT2D eigenvalue weighted by Gasteiger charge is -2.28. The van der Waals surface area contributed by atoms with Gasteiger partial charge in [-0.25, -0.2) is 0 Å². The summed E-state index contributed by atoms with van der Waals surface area (Å²) in [5.74, 6) is -0.180. The molecule has 262 valence electrons. The van der Waals surface area contributed by atoms with Crippen molar-refractivity contribution in [3.05, 3.63) is 126 Å². The van der Waals surface area contributed by atoms with Gasteiger partial charge in [-0.05, 0) is 71.6 Å². The second-order valence-electron chi connectivity index (χ2n) is 13.0. The molecule has 0 spiro atoms. The van der Waals surface area contributed by atoms with Crippen molar-refractivity contribution < 1.29 is 28.6 Å². The highest BCUT2D eigenvalue weighted by Gasteiger charge is 2.43. The fraction of sp³-hybridized carbons (Fsp3) is 0.372. The number of ether oxygens (including phenoxy) is 4. The molecule has 7 nitrogen and oxygen atoms in total. The topological polar surface area (TPSA) is 75.3 Å². The number of methoxy groups -OCH3 is 1. The Kier molecular flexibility index (Phi) is 12.9. The molecule has 0 aromatic heterocycles. The van der Waals surface area contributed by atoms with Crippen molar-refractivity contribution in [3.8, 4) is 11.1 Å². The quantitative estimate of drug-likeness (QED) is 0.0583. The number of fused-ring (bicyclic) bond motifs is 1. The fourth-order valence-electron chi connectivity index (χ4n) is 7.15. The first-order valence-electron chi connectivity index (χ1n) is 17.9. The Labute approximate surface area is 296 Å². The van der Waals surface area contributed by atoms with Crippen LogP contribution in [0, 0.1) is 5.92 Å². The molecule has 2 fully saturated rings. The minimum absolute atomic E-state index is 0.000609. The highest BCUT2D eigenvalue weighted by molar-refractivity contribution is 5.94. The maximum Gasteiger partial charge on any atom is 0.305 e. The Bertz CT molecular complexity index is 1720. The van der Waals surface area contributed by atoms with Gasteiger partial charge >= 0.3 is 5.97 Å². The zero-order chi connectivity index (χ0) is 34.5. The Morgan fingerprint density at radius 2 is 1.66 bits per heavy atom. The van der Waals surface area contributed by atoms with E-state index in [-0.39, 0.29) is 30.4 Å². The molecule has 4 aromatic rings. The Balaban J connectivity index is 1.33. The van der Waals surface area contributed by atoms with Crippen LogP contribution in [0.4, 0.5) is 0 Å². The molecule has 0 amide bonds. The molecule has 1 unspecified atom stereocenters. The number of benzene rings is 4. The first-order valence-corrected chi connectivity index (χ1v) is 17.9. The van der Waals surface area contributed by atoms with Crippen LogP contribution >= 0.6 is 0 Å². The monoisotopic (exact) mass is 675 g/mol. The van der Waals surface area contributed by atoms with Gasteiger partial charge in [0.25, 0.3) is 0 Å². The van der Waals surface area contributed by atoms with Gasteiger partial charge in [-0.15, -0.1) is 0 Å². The first-order chi connectivity index (χ1) is 24.6. The van der Waals surface area contributed by atoms with E-state index in [4.69, 9.17) is 23.8 Å². The summed E-state index contributed by atoms with van der Waals surface area (Å²) in [4.78, 5) is 17.4. The van der Waals surface area contributed by atoms with Crippen LogP contribution in [0.5, 0.6) is 0 Å². The van der Waals surface area contributed by atoms with Gasteiger partial charge in [0.05, 0.1) is 38.7 Å². The van der Waals surface area contributed by atoms with Crippen LogP contribution in [0.25, 0.3) is 27.6 Å². The van der Waals surface area contributed by atoms with E-state index in [0.717, 1.165) is 71.7 Å². The number of allylic oxidation sites excluding steroid dienone is 2. The molecule has 0 radical (unpaired) electrons. The molecular weight excluding hydrogens is 626 g/mol. The van der Waals surface area contributed by atoms with E-state index < -0.39 is 0 Å². The summed E-state index contributed by atoms with van der Waals surface area (Å²) in [6.45, 7) is 1.19. The van der Waals surface area contributed by atoms with Crippen LogP contribution in [0.15, 0.2) is 115 Å². The van der Waals surface area contributed by atoms with E-state index >= 15 is 0 Å². The van der Waals surface area contributed by atoms with E-state index in [1.165, 1.54) is 18.2 Å². The fourth-order valence-corrected chi connectivity index (χ4v) is 7.15. The van der Waals surface area contributed by atoms with Crippen molar-refractivity contribution in [2.45, 2.75) is 76.5 Å². The number of hydroxylamine groups is 1. The van der Waals surface area contributed by atoms with Gasteiger partial charge in [-0.1, -0.05) is 109 Å². The van der Waals surface area contributed by atoms with Crippen LogP contribution < -0.4 is 5.48 Å². The first kappa shape index (κ1) is 35.6. The predicted octanol–water partition coefficient (Wildman–Crippen LogP) is 9.18. The maximum atomic E-state index is 11.7. The third-order valence-corrected chi connectivity index (χ3v) is 9.71. The van der Waals surface area contributed by atoms with Gasteiger partial charge in [0.1, 0.15) is 0 Å². The molecule has 4 atom stereocenters. The lowest BCUT2D eigenvalue weighted by molar-refractivity contribution is -0.181. The summed E-state index contributed by atoms with van der Waals surface area (Å²) >= 11 is 0. The van der Waals surface area contributed by atoms with Gasteiger partial charge in [0.2, 0.25) is 0 Å². The molecule has 2 aliphatic rings. The summed E-state index contributed by atoms with van der Waals surface area (Å²) in [6.07, 6.45) is 10.2. The average Bonchev–Trinajstić information content (AvgIpc) is 3.50. The second kappa shape index (κ2) is 18.1. The van der Waals surface area contributed by atoms with E-state index in [0.29, 0.717) is 26.1 Å². The number of carbonyl (C=O) groups is 1. The standard InChI is InChI=1S/C43H49NO6/c1-46-40(45)22-9-4-3-8-20-37-38(49-30-31-24-26-33(27-25-31)32-15-6-5-7-16-32)29-39(50-41-23-12-13-28-48-41)42(37)43(44-47-2)36-21-14-18-34-17-10-11-19-35(34)36/h3,5-8,10-11,14-19,21,24-27,37-39,41,44H,4,9,12-13,20,22-23,28-30H2,1-2H3/t37-,38-,39+,41?/m0/s1.